The second kappa shape index (κ2) is 22.7. The number of carbonyl (C=O) groups excluding carboxylic acids is 2. The van der Waals surface area contributed by atoms with Crippen LogP contribution in [0.25, 0.3) is 17.0 Å². The maximum atomic E-state index is 14.7. The summed E-state index contributed by atoms with van der Waals surface area (Å²) in [7, 11) is 1.88. The minimum absolute atomic E-state index is 0.0141. The van der Waals surface area contributed by atoms with E-state index in [4.69, 9.17) is 18.9 Å². The zero-order valence-electron chi connectivity index (χ0n) is 44.7. The van der Waals surface area contributed by atoms with E-state index in [1.807, 2.05) is 48.3 Å². The van der Waals surface area contributed by atoms with Gasteiger partial charge in [-0.05, 0) is 153 Å². The Morgan fingerprint density at radius 3 is 2.19 bits per heavy atom. The number of anilines is 1. The summed E-state index contributed by atoms with van der Waals surface area (Å²) in [5, 5.41) is 18.8. The molecule has 9 rings (SSSR count). The van der Waals surface area contributed by atoms with Crippen molar-refractivity contribution in [3.8, 4) is 17.1 Å². The van der Waals surface area contributed by atoms with Gasteiger partial charge in [0, 0.05) is 91.3 Å². The molecular weight excluding hydrogens is 915 g/mol. The van der Waals surface area contributed by atoms with Crippen molar-refractivity contribution in [2.75, 3.05) is 84.4 Å². The molecule has 13 nitrogen and oxygen atoms in total. The highest BCUT2D eigenvalue weighted by molar-refractivity contribution is 6.02. The zero-order valence-corrected chi connectivity index (χ0v) is 44.7. The van der Waals surface area contributed by atoms with Gasteiger partial charge in [0.1, 0.15) is 31.2 Å². The Morgan fingerprint density at radius 1 is 0.795 bits per heavy atom. The Hall–Kier alpha value is -5.89. The molecule has 4 aliphatic rings. The van der Waals surface area contributed by atoms with Gasteiger partial charge in [-0.25, -0.2) is 4.58 Å². The Morgan fingerprint density at radius 2 is 1.47 bits per heavy atom. The van der Waals surface area contributed by atoms with Crippen LogP contribution < -0.4 is 24.8 Å². The summed E-state index contributed by atoms with van der Waals surface area (Å²) in [5.41, 5.74) is 13.3. The van der Waals surface area contributed by atoms with Crippen molar-refractivity contribution in [3.05, 3.63) is 128 Å². The van der Waals surface area contributed by atoms with Gasteiger partial charge in [0.05, 0.1) is 33.0 Å². The van der Waals surface area contributed by atoms with E-state index in [2.05, 4.69) is 102 Å². The van der Waals surface area contributed by atoms with Gasteiger partial charge in [0.25, 0.3) is 5.91 Å². The van der Waals surface area contributed by atoms with Gasteiger partial charge in [0.15, 0.2) is 5.82 Å². The van der Waals surface area contributed by atoms with Crippen molar-refractivity contribution < 1.29 is 28.5 Å². The number of benzene rings is 4. The minimum Gasteiger partial charge on any atom is -0.491 e. The average Bonchev–Trinajstić information content (AvgIpc) is 3.38. The Labute approximate surface area is 432 Å². The van der Waals surface area contributed by atoms with E-state index in [1.54, 1.807) is 6.92 Å². The van der Waals surface area contributed by atoms with E-state index >= 15 is 0 Å². The summed E-state index contributed by atoms with van der Waals surface area (Å²) in [6.45, 7) is 23.0. The molecule has 3 aliphatic heterocycles. The van der Waals surface area contributed by atoms with Gasteiger partial charge in [-0.3, -0.25) is 9.59 Å². The average molecular weight is 991 g/mol. The lowest BCUT2D eigenvalue weighted by Gasteiger charge is -2.48. The quantitative estimate of drug-likeness (QED) is 0.0495. The molecule has 0 radical (unpaired) electrons. The number of rotatable bonds is 22. The summed E-state index contributed by atoms with van der Waals surface area (Å²) >= 11 is 0. The Bertz CT molecular complexity index is 2930. The highest BCUT2D eigenvalue weighted by Gasteiger charge is 2.43. The lowest BCUT2D eigenvalue weighted by molar-refractivity contribution is -0.119. The normalized spacial score (nSPS) is 17.1. The number of nitrogens with zero attached hydrogens (tertiary/aromatic N) is 7. The van der Waals surface area contributed by atoms with Gasteiger partial charge >= 0.3 is 0 Å². The van der Waals surface area contributed by atoms with Crippen LogP contribution >= 0.6 is 0 Å². The van der Waals surface area contributed by atoms with Gasteiger partial charge < -0.3 is 28.7 Å². The number of carbonyl (C=O) groups is 2. The Balaban J connectivity index is 0.774. The van der Waals surface area contributed by atoms with E-state index in [9.17, 15) is 9.59 Å². The summed E-state index contributed by atoms with van der Waals surface area (Å²) in [5.74, 6) is 2.29. The molecule has 1 unspecified atom stereocenters. The maximum Gasteiger partial charge on any atom is 0.254 e. The lowest BCUT2D eigenvalue weighted by atomic mass is 9.64. The SMILES string of the molecule is CCN1c2cc3c(cc2C(C)CC1(C)C)C(c1ccccc1C(=O)N(C)CCCC(=O)CCCOCCOCCOCCOc1ccc(-c2nnc(C)nn2)cc1)=c1cc2c4c(c1C3(C)C)CCC[N+]=4CCC2. The molecular formula is C60H76N7O6+. The number of hydrogen-bond donors (Lipinski definition) is 0. The van der Waals surface area contributed by atoms with Crippen LogP contribution in [0.4, 0.5) is 5.69 Å². The molecule has 4 heterocycles. The van der Waals surface area contributed by atoms with Crippen molar-refractivity contribution in [3.63, 3.8) is 0 Å². The van der Waals surface area contributed by atoms with E-state index in [1.165, 1.54) is 61.6 Å². The number of fused-ring (bicyclic) bond motifs is 4. The number of Topliss-reactive ketones (excluding diaryl/α,β-unsaturated/α-hetero) is 1. The molecule has 0 N–H and O–H groups in total. The first-order chi connectivity index (χ1) is 35.3. The second-order valence-electron chi connectivity index (χ2n) is 21.6. The van der Waals surface area contributed by atoms with E-state index in [0.717, 1.165) is 62.2 Å². The topological polar surface area (TPSA) is 132 Å². The van der Waals surface area contributed by atoms with Crippen LogP contribution in [0.1, 0.15) is 148 Å². The molecule has 0 bridgehead atoms. The summed E-state index contributed by atoms with van der Waals surface area (Å²) in [6, 6.07) is 23.3. The molecule has 4 aromatic carbocycles. The monoisotopic (exact) mass is 991 g/mol. The summed E-state index contributed by atoms with van der Waals surface area (Å²) in [4.78, 5) is 32.2. The second-order valence-corrected chi connectivity index (χ2v) is 21.6. The van der Waals surface area contributed by atoms with E-state index < -0.39 is 0 Å². The van der Waals surface area contributed by atoms with Crippen LogP contribution in [-0.4, -0.2) is 122 Å². The fourth-order valence-corrected chi connectivity index (χ4v) is 12.3. The molecule has 1 aliphatic carbocycles. The molecule has 0 saturated carbocycles. The highest BCUT2D eigenvalue weighted by Crippen LogP contribution is 2.50. The third-order valence-corrected chi connectivity index (χ3v) is 15.6. The number of hydrogen-bond acceptors (Lipinski definition) is 11. The summed E-state index contributed by atoms with van der Waals surface area (Å²) < 4.78 is 25.5. The highest BCUT2D eigenvalue weighted by atomic mass is 16.6. The molecule has 0 saturated heterocycles. The first kappa shape index (κ1) is 52.0. The van der Waals surface area contributed by atoms with Crippen LogP contribution in [-0.2, 0) is 37.3 Å². The largest absolute Gasteiger partial charge is 0.491 e. The summed E-state index contributed by atoms with van der Waals surface area (Å²) in [6.07, 6.45) is 7.69. The number of ether oxygens (including phenoxy) is 4. The lowest BCUT2D eigenvalue weighted by Crippen LogP contribution is -2.50. The predicted octanol–water partition coefficient (Wildman–Crippen LogP) is 7.95. The number of amides is 1. The molecule has 5 aromatic rings. The van der Waals surface area contributed by atoms with Crippen LogP contribution in [0.2, 0.25) is 0 Å². The fraction of sp³-hybridized carbons (Fsp3) is 0.517. The van der Waals surface area contributed by atoms with Crippen molar-refractivity contribution in [1.82, 2.24) is 29.9 Å². The molecule has 0 fully saturated rings. The number of aryl methyl sites for hydroxylation is 2. The molecule has 0 spiro atoms. The standard InChI is InChI=1S/C60H76N7O6/c1-9-67-53-38-52-50(37-49(53)40(2)39-59(67,4)5)54(51-36-43-16-12-27-66-28-14-21-48(56(43)66)55(51)60(52,6)7)46-19-10-11-20-47(46)58(69)65(8)26-13-17-44(68)18-15-29-70-30-31-71-32-33-72-34-35-73-45-24-22-42(23-25-45)57-63-61-41(3)62-64-57/h10-11,19-20,22-25,36-38,40H,9,12-18,21,26-35,39H2,1-8H3/q+1. The molecule has 73 heavy (non-hydrogen) atoms. The minimum atomic E-state index is -0.248. The van der Waals surface area contributed by atoms with Crippen LogP contribution in [0.5, 0.6) is 5.75 Å². The smallest absolute Gasteiger partial charge is 0.254 e. The first-order valence-corrected chi connectivity index (χ1v) is 26.9. The van der Waals surface area contributed by atoms with Crippen molar-refractivity contribution in [2.45, 2.75) is 123 Å². The van der Waals surface area contributed by atoms with Crippen molar-refractivity contribution >= 4 is 23.0 Å². The van der Waals surface area contributed by atoms with Gasteiger partial charge in [-0.2, -0.15) is 0 Å². The third-order valence-electron chi connectivity index (χ3n) is 15.6. The predicted molar refractivity (Wildman–Crippen MR) is 286 cm³/mol. The van der Waals surface area contributed by atoms with Crippen LogP contribution in [0, 0.1) is 6.92 Å². The number of aromatic nitrogens is 4. The first-order valence-electron chi connectivity index (χ1n) is 26.9. The van der Waals surface area contributed by atoms with Crippen LogP contribution in [0.15, 0.2) is 66.7 Å². The zero-order chi connectivity index (χ0) is 51.3. The van der Waals surface area contributed by atoms with Gasteiger partial charge in [0.2, 0.25) is 11.2 Å². The van der Waals surface area contributed by atoms with Crippen LogP contribution in [0.3, 0.4) is 0 Å². The maximum absolute atomic E-state index is 14.7. The van der Waals surface area contributed by atoms with Crippen molar-refractivity contribution in [1.29, 1.82) is 0 Å². The molecule has 1 atom stereocenters. The fourth-order valence-electron chi connectivity index (χ4n) is 12.3. The molecule has 13 heteroatoms. The number of ketones is 1. The van der Waals surface area contributed by atoms with E-state index in [0.29, 0.717) is 102 Å². The van der Waals surface area contributed by atoms with Gasteiger partial charge in [-0.15, -0.1) is 20.4 Å². The molecule has 1 amide bonds. The van der Waals surface area contributed by atoms with Gasteiger partial charge in [-0.1, -0.05) is 39.0 Å². The van der Waals surface area contributed by atoms with E-state index in [-0.39, 0.29) is 22.6 Å². The molecule has 386 valence electrons. The molecule has 1 aromatic heterocycles. The van der Waals surface area contributed by atoms with Crippen molar-refractivity contribution in [2.24, 2.45) is 0 Å². The Kier molecular flexibility index (Phi) is 16.2. The third kappa shape index (κ3) is 11.1.